The third-order valence-electron chi connectivity index (χ3n) is 6.10. The highest BCUT2D eigenvalue weighted by molar-refractivity contribution is 8.16. The molecule has 0 fully saturated rings. The van der Waals surface area contributed by atoms with E-state index < -0.39 is 17.8 Å². The predicted octanol–water partition coefficient (Wildman–Crippen LogP) is 4.34. The number of nitrogens with zero attached hydrogens (tertiary/aromatic N) is 2. The molecule has 0 aromatic heterocycles. The number of hydrogen-bond acceptors (Lipinski definition) is 8. The van der Waals surface area contributed by atoms with Gasteiger partial charge in [0, 0.05) is 12.2 Å². The lowest BCUT2D eigenvalue weighted by Crippen LogP contribution is -2.38. The van der Waals surface area contributed by atoms with Crippen molar-refractivity contribution in [1.29, 1.82) is 0 Å². The molecule has 0 radical (unpaired) electrons. The molecule has 2 aliphatic rings. The molecule has 37 heavy (non-hydrogen) atoms. The van der Waals surface area contributed by atoms with Gasteiger partial charge in [0.15, 0.2) is 16.7 Å². The summed E-state index contributed by atoms with van der Waals surface area (Å²) in [6, 6.07) is 11.0. The third-order valence-corrected chi connectivity index (χ3v) is 6.98. The fourth-order valence-electron chi connectivity index (χ4n) is 4.34. The Kier molecular flexibility index (Phi) is 8.17. The average Bonchev–Trinajstić information content (AvgIpc) is 3.28. The van der Waals surface area contributed by atoms with Gasteiger partial charge in [0.25, 0.3) is 0 Å². The Balaban J connectivity index is 1.49. The molecule has 0 bridgehead atoms. The lowest BCUT2D eigenvalue weighted by molar-refractivity contribution is -0.136. The number of esters is 1. The van der Waals surface area contributed by atoms with Crippen molar-refractivity contribution < 1.29 is 28.2 Å². The lowest BCUT2D eigenvalue weighted by atomic mass is 9.94. The van der Waals surface area contributed by atoms with Crippen LogP contribution in [0.5, 0.6) is 11.5 Å². The summed E-state index contributed by atoms with van der Waals surface area (Å²) in [5.74, 6) is 0.115. The van der Waals surface area contributed by atoms with E-state index >= 15 is 0 Å². The van der Waals surface area contributed by atoms with Crippen LogP contribution >= 0.6 is 11.8 Å². The van der Waals surface area contributed by atoms with E-state index in [-0.39, 0.29) is 12.3 Å². The molecular weight excluding hydrogens is 497 g/mol. The van der Waals surface area contributed by atoms with Crippen molar-refractivity contribution in [3.05, 3.63) is 81.8 Å². The van der Waals surface area contributed by atoms with Crippen molar-refractivity contribution >= 4 is 28.8 Å². The van der Waals surface area contributed by atoms with Gasteiger partial charge in [-0.2, -0.15) is 0 Å². The highest BCUT2D eigenvalue weighted by Gasteiger charge is 2.41. The summed E-state index contributed by atoms with van der Waals surface area (Å²) in [6.07, 6.45) is 0.675. The number of hydrogen-bond donors (Lipinski definition) is 1. The second kappa shape index (κ2) is 11.5. The molecule has 194 valence electrons. The van der Waals surface area contributed by atoms with E-state index in [1.54, 1.807) is 33.3 Å². The minimum Gasteiger partial charge on any atom is -0.493 e. The summed E-state index contributed by atoms with van der Waals surface area (Å²) in [5, 5.41) is 5.40. The lowest BCUT2D eigenvalue weighted by Gasteiger charge is -2.36. The van der Waals surface area contributed by atoms with Gasteiger partial charge in [-0.05, 0) is 54.1 Å². The first-order valence-corrected chi connectivity index (χ1v) is 12.5. The van der Waals surface area contributed by atoms with Gasteiger partial charge in [-0.1, -0.05) is 30.0 Å². The molecule has 1 atom stereocenters. The molecule has 8 nitrogen and oxygen atoms in total. The Hall–Kier alpha value is -3.79. The van der Waals surface area contributed by atoms with Gasteiger partial charge in [0.1, 0.15) is 5.82 Å². The fraction of sp³-hybridized carbons (Fsp3) is 0.296. The van der Waals surface area contributed by atoms with E-state index in [2.05, 4.69) is 10.3 Å². The molecule has 0 saturated carbocycles. The quantitative estimate of drug-likeness (QED) is 0.487. The number of allylic oxidation sites excluding steroid dienone is 1. The molecule has 2 heterocycles. The topological polar surface area (TPSA) is 89.5 Å². The summed E-state index contributed by atoms with van der Waals surface area (Å²) >= 11 is 1.36. The van der Waals surface area contributed by atoms with Crippen LogP contribution in [-0.4, -0.2) is 49.8 Å². The van der Waals surface area contributed by atoms with Crippen LogP contribution in [0.4, 0.5) is 4.39 Å². The molecule has 10 heteroatoms. The smallest absolute Gasteiger partial charge is 0.338 e. The van der Waals surface area contributed by atoms with Crippen LogP contribution in [0, 0.1) is 5.82 Å². The Morgan fingerprint density at radius 2 is 1.89 bits per heavy atom. The van der Waals surface area contributed by atoms with Gasteiger partial charge >= 0.3 is 5.97 Å². The summed E-state index contributed by atoms with van der Waals surface area (Å²) in [5.41, 5.74) is 3.02. The van der Waals surface area contributed by atoms with Crippen LogP contribution in [-0.2, 0) is 20.7 Å². The Morgan fingerprint density at radius 3 is 2.59 bits per heavy atom. The second-order valence-corrected chi connectivity index (χ2v) is 9.24. The number of carbonyl (C=O) groups excluding carboxylic acids is 2. The maximum Gasteiger partial charge on any atom is 0.338 e. The molecule has 1 N–H and O–H groups in total. The summed E-state index contributed by atoms with van der Waals surface area (Å²) in [4.78, 5) is 32.0. The first-order valence-electron chi connectivity index (χ1n) is 11.6. The third kappa shape index (κ3) is 5.64. The Bertz CT molecular complexity index is 1310. The van der Waals surface area contributed by atoms with Crippen LogP contribution in [0.1, 0.15) is 30.5 Å². The van der Waals surface area contributed by atoms with Crippen molar-refractivity contribution in [2.45, 2.75) is 25.8 Å². The Morgan fingerprint density at radius 1 is 1.11 bits per heavy atom. The number of benzene rings is 2. The average molecular weight is 526 g/mol. The zero-order chi connectivity index (χ0) is 26.5. The number of fused-ring (bicyclic) bond motifs is 1. The van der Waals surface area contributed by atoms with Crippen molar-refractivity contribution in [2.24, 2.45) is 4.99 Å². The van der Waals surface area contributed by atoms with Crippen LogP contribution in [0.3, 0.4) is 0 Å². The van der Waals surface area contributed by atoms with E-state index in [0.717, 1.165) is 5.56 Å². The molecule has 0 aliphatic carbocycles. The molecule has 0 spiro atoms. The number of amides is 1. The number of amidine groups is 1. The maximum atomic E-state index is 14.2. The SMILES string of the molecule is COC(=O)C1=C(C)N=C2SC=C(CC(=O)NCCc3ccc(OC)c(OC)c3)N2C1c1cccc(F)c1. The summed E-state index contributed by atoms with van der Waals surface area (Å²) < 4.78 is 29.8. The molecule has 0 saturated heterocycles. The Labute approximate surface area is 219 Å². The van der Waals surface area contributed by atoms with Crippen LogP contribution in [0.25, 0.3) is 0 Å². The summed E-state index contributed by atoms with van der Waals surface area (Å²) in [6.45, 7) is 2.15. The first-order chi connectivity index (χ1) is 17.9. The molecule has 2 aliphatic heterocycles. The zero-order valence-electron chi connectivity index (χ0n) is 21.0. The highest BCUT2D eigenvalue weighted by Crippen LogP contribution is 2.44. The van der Waals surface area contributed by atoms with Crippen molar-refractivity contribution in [2.75, 3.05) is 27.9 Å². The van der Waals surface area contributed by atoms with Crippen molar-refractivity contribution in [1.82, 2.24) is 10.2 Å². The number of aliphatic imine (C=N–C) groups is 1. The van der Waals surface area contributed by atoms with E-state index in [9.17, 15) is 14.0 Å². The molecule has 1 amide bonds. The van der Waals surface area contributed by atoms with Gasteiger partial charge in [0.2, 0.25) is 5.91 Å². The number of carbonyl (C=O) groups is 2. The molecule has 4 rings (SSSR count). The van der Waals surface area contributed by atoms with E-state index in [1.807, 2.05) is 28.5 Å². The maximum absolute atomic E-state index is 14.2. The standard InChI is InChI=1S/C27H28FN3O5S/c1-16-24(26(33)36-4)25(18-6-5-7-19(28)13-18)31-20(15-37-27(31)30-16)14-23(32)29-11-10-17-8-9-21(34-2)22(12-17)35-3/h5-9,12-13,15,25H,10-11,14H2,1-4H3,(H,29,32). The minimum atomic E-state index is -0.670. The van der Waals surface area contributed by atoms with E-state index in [0.29, 0.717) is 52.2 Å². The number of rotatable bonds is 9. The van der Waals surface area contributed by atoms with Gasteiger partial charge in [-0.25, -0.2) is 14.2 Å². The predicted molar refractivity (Wildman–Crippen MR) is 140 cm³/mol. The number of halogens is 1. The van der Waals surface area contributed by atoms with Crippen LogP contribution in [0.2, 0.25) is 0 Å². The van der Waals surface area contributed by atoms with Crippen LogP contribution < -0.4 is 14.8 Å². The number of ether oxygens (including phenoxy) is 3. The summed E-state index contributed by atoms with van der Waals surface area (Å²) in [7, 11) is 4.45. The van der Waals surface area contributed by atoms with Crippen LogP contribution in [0.15, 0.2) is 69.8 Å². The van der Waals surface area contributed by atoms with Gasteiger partial charge in [-0.3, -0.25) is 4.79 Å². The van der Waals surface area contributed by atoms with Gasteiger partial charge < -0.3 is 24.4 Å². The van der Waals surface area contributed by atoms with E-state index in [4.69, 9.17) is 14.2 Å². The minimum absolute atomic E-state index is 0.0667. The van der Waals surface area contributed by atoms with Gasteiger partial charge in [0.05, 0.1) is 45.1 Å². The molecule has 2 aromatic rings. The van der Waals surface area contributed by atoms with E-state index in [1.165, 1.54) is 31.0 Å². The van der Waals surface area contributed by atoms with Crippen molar-refractivity contribution in [3.8, 4) is 11.5 Å². The molecular formula is C27H28FN3O5S. The fourth-order valence-corrected chi connectivity index (χ4v) is 5.31. The zero-order valence-corrected chi connectivity index (χ0v) is 21.9. The molecule has 1 unspecified atom stereocenters. The molecule has 2 aromatic carbocycles. The van der Waals surface area contributed by atoms with Gasteiger partial charge in [-0.15, -0.1) is 0 Å². The largest absolute Gasteiger partial charge is 0.493 e. The highest BCUT2D eigenvalue weighted by atomic mass is 32.2. The first kappa shape index (κ1) is 26.3. The normalized spacial score (nSPS) is 16.6. The number of methoxy groups -OCH3 is 3. The monoisotopic (exact) mass is 525 g/mol. The number of nitrogens with one attached hydrogen (secondary N) is 1. The van der Waals surface area contributed by atoms with Crippen molar-refractivity contribution in [3.63, 3.8) is 0 Å². The number of thioether (sulfide) groups is 1. The second-order valence-electron chi connectivity index (χ2n) is 8.41.